The van der Waals surface area contributed by atoms with Crippen molar-refractivity contribution in [3.63, 3.8) is 0 Å². The fraction of sp³-hybridized carbons (Fsp3) is 0.250. The van der Waals surface area contributed by atoms with Crippen molar-refractivity contribution in [2.24, 2.45) is 0 Å². The maximum atomic E-state index is 11.4. The van der Waals surface area contributed by atoms with E-state index in [0.717, 1.165) is 10.8 Å². The molecule has 0 radical (unpaired) electrons. The summed E-state index contributed by atoms with van der Waals surface area (Å²) in [6.07, 6.45) is -1.69. The van der Waals surface area contributed by atoms with Crippen molar-refractivity contribution in [2.75, 3.05) is 11.9 Å². The summed E-state index contributed by atoms with van der Waals surface area (Å²) in [6, 6.07) is 14.4. The van der Waals surface area contributed by atoms with Crippen LogP contribution in [0, 0.1) is 0 Å². The zero-order valence-corrected chi connectivity index (χ0v) is 15.8. The molecule has 2 heterocycles. The van der Waals surface area contributed by atoms with Gasteiger partial charge in [-0.25, -0.2) is 9.59 Å². The summed E-state index contributed by atoms with van der Waals surface area (Å²) < 4.78 is 6.45. The lowest BCUT2D eigenvalue weighted by Gasteiger charge is -2.13. The summed E-state index contributed by atoms with van der Waals surface area (Å²) in [5, 5.41) is 31.3. The molecule has 0 unspecified atom stereocenters. The van der Waals surface area contributed by atoms with E-state index in [1.807, 2.05) is 36.4 Å². The molecule has 1 fully saturated rings. The number of H-pyrrole nitrogens is 1. The second-order valence-corrected chi connectivity index (χ2v) is 6.59. The standard InChI is InChI=1S/C11H9NO2.C9H12N2O5/c13-11(14)12-10-7-3-5-8-4-1-2-6-9(8)10;12-4-6-5(13)3-8(16-6)11-2-1-7(14)10-9(11)15/h1-7,12H,(H,13,14);1-2,5-6,8,12-13H,3-4H2,(H,10,14,15)/t;5-,6+,8+/m.0/s1. The van der Waals surface area contributed by atoms with Gasteiger partial charge in [-0.15, -0.1) is 0 Å². The molecular weight excluding hydrogens is 394 g/mol. The maximum absolute atomic E-state index is 11.4. The molecule has 30 heavy (non-hydrogen) atoms. The molecule has 1 amide bonds. The molecule has 3 atom stereocenters. The lowest BCUT2D eigenvalue weighted by molar-refractivity contribution is -0.0459. The summed E-state index contributed by atoms with van der Waals surface area (Å²) in [7, 11) is 0. The van der Waals surface area contributed by atoms with Gasteiger partial charge in [0.1, 0.15) is 12.3 Å². The Morgan fingerprint density at radius 1 is 1.17 bits per heavy atom. The third-order valence-electron chi connectivity index (χ3n) is 4.58. The number of aromatic nitrogens is 2. The van der Waals surface area contributed by atoms with Crippen molar-refractivity contribution in [2.45, 2.75) is 24.9 Å². The first-order valence-electron chi connectivity index (χ1n) is 9.12. The Morgan fingerprint density at radius 2 is 1.90 bits per heavy atom. The first-order chi connectivity index (χ1) is 14.4. The number of anilines is 1. The van der Waals surface area contributed by atoms with Crippen LogP contribution in [0.3, 0.4) is 0 Å². The molecule has 158 valence electrons. The highest BCUT2D eigenvalue weighted by atomic mass is 16.5. The molecule has 0 spiro atoms. The number of aromatic amines is 1. The van der Waals surface area contributed by atoms with Gasteiger partial charge in [-0.1, -0.05) is 36.4 Å². The topological polar surface area (TPSA) is 154 Å². The van der Waals surface area contributed by atoms with E-state index in [2.05, 4.69) is 10.3 Å². The van der Waals surface area contributed by atoms with Gasteiger partial charge in [-0.05, 0) is 11.5 Å². The van der Waals surface area contributed by atoms with E-state index >= 15 is 0 Å². The Balaban J connectivity index is 0.000000172. The number of benzene rings is 2. The number of amides is 1. The first-order valence-corrected chi connectivity index (χ1v) is 9.12. The molecule has 10 nitrogen and oxygen atoms in total. The molecular formula is C20H21N3O7. The van der Waals surface area contributed by atoms with Crippen molar-refractivity contribution in [1.82, 2.24) is 9.55 Å². The number of hydrogen-bond acceptors (Lipinski definition) is 6. The number of ether oxygens (including phenoxy) is 1. The fourth-order valence-electron chi connectivity index (χ4n) is 3.15. The van der Waals surface area contributed by atoms with Gasteiger partial charge in [0, 0.05) is 24.1 Å². The average Bonchev–Trinajstić information content (AvgIpc) is 3.09. The van der Waals surface area contributed by atoms with Crippen LogP contribution in [-0.2, 0) is 4.74 Å². The van der Waals surface area contributed by atoms with Crippen LogP contribution in [0.2, 0.25) is 0 Å². The highest BCUT2D eigenvalue weighted by Crippen LogP contribution is 2.27. The van der Waals surface area contributed by atoms with Crippen LogP contribution in [-0.4, -0.2) is 49.8 Å². The van der Waals surface area contributed by atoms with Gasteiger partial charge < -0.3 is 20.1 Å². The zero-order valence-electron chi connectivity index (χ0n) is 15.8. The van der Waals surface area contributed by atoms with Gasteiger partial charge >= 0.3 is 11.8 Å². The zero-order chi connectivity index (χ0) is 21.7. The number of aliphatic hydroxyl groups is 2. The van der Waals surface area contributed by atoms with Crippen LogP contribution in [0.4, 0.5) is 10.5 Å². The van der Waals surface area contributed by atoms with Crippen LogP contribution in [0.15, 0.2) is 64.3 Å². The second kappa shape index (κ2) is 9.35. The lowest BCUT2D eigenvalue weighted by atomic mass is 10.1. The van der Waals surface area contributed by atoms with E-state index in [0.29, 0.717) is 5.69 Å². The molecule has 1 aliphatic rings. The van der Waals surface area contributed by atoms with Gasteiger partial charge in [-0.3, -0.25) is 19.7 Å². The number of fused-ring (bicyclic) bond motifs is 1. The summed E-state index contributed by atoms with van der Waals surface area (Å²) >= 11 is 0. The van der Waals surface area contributed by atoms with Crippen LogP contribution >= 0.6 is 0 Å². The summed E-state index contributed by atoms with van der Waals surface area (Å²) in [5.41, 5.74) is -0.461. The third-order valence-corrected chi connectivity index (χ3v) is 4.58. The van der Waals surface area contributed by atoms with E-state index in [1.54, 1.807) is 6.07 Å². The van der Waals surface area contributed by atoms with Crippen LogP contribution in [0.1, 0.15) is 12.6 Å². The monoisotopic (exact) mass is 415 g/mol. The van der Waals surface area contributed by atoms with Crippen molar-refractivity contribution in [3.8, 4) is 0 Å². The molecule has 1 aliphatic heterocycles. The number of carboxylic acid groups (broad SMARTS) is 1. The Bertz CT molecular complexity index is 1140. The van der Waals surface area contributed by atoms with Gasteiger partial charge in [0.15, 0.2) is 0 Å². The largest absolute Gasteiger partial charge is 0.465 e. The summed E-state index contributed by atoms with van der Waals surface area (Å²) in [4.78, 5) is 34.8. The molecule has 10 heteroatoms. The Kier molecular flexibility index (Phi) is 6.62. The fourth-order valence-corrected chi connectivity index (χ4v) is 3.15. The number of aliphatic hydroxyl groups excluding tert-OH is 2. The number of carbonyl (C=O) groups is 1. The van der Waals surface area contributed by atoms with Crippen LogP contribution in [0.25, 0.3) is 10.8 Å². The highest BCUT2D eigenvalue weighted by molar-refractivity contribution is 5.99. The number of nitrogens with one attached hydrogen (secondary N) is 2. The second-order valence-electron chi connectivity index (χ2n) is 6.59. The van der Waals surface area contributed by atoms with E-state index < -0.39 is 35.8 Å². The van der Waals surface area contributed by atoms with Crippen molar-refractivity contribution in [1.29, 1.82) is 0 Å². The predicted molar refractivity (Wildman–Crippen MR) is 109 cm³/mol. The summed E-state index contributed by atoms with van der Waals surface area (Å²) in [5.74, 6) is 0. The van der Waals surface area contributed by atoms with Gasteiger partial charge in [0.05, 0.1) is 18.4 Å². The summed E-state index contributed by atoms with van der Waals surface area (Å²) in [6.45, 7) is -0.310. The van der Waals surface area contributed by atoms with Gasteiger partial charge in [-0.2, -0.15) is 0 Å². The van der Waals surface area contributed by atoms with Gasteiger partial charge in [0.2, 0.25) is 0 Å². The Hall–Kier alpha value is -3.47. The Labute approximate surface area is 170 Å². The average molecular weight is 415 g/mol. The quantitative estimate of drug-likeness (QED) is 0.429. The normalized spacial score (nSPS) is 20.4. The minimum absolute atomic E-state index is 0.206. The molecule has 3 aromatic rings. The first kappa shape index (κ1) is 21.2. The number of hydrogen-bond donors (Lipinski definition) is 5. The lowest BCUT2D eigenvalue weighted by Crippen LogP contribution is -2.31. The molecule has 4 rings (SSSR count). The van der Waals surface area contributed by atoms with E-state index in [4.69, 9.17) is 14.9 Å². The van der Waals surface area contributed by atoms with Gasteiger partial charge in [0.25, 0.3) is 5.56 Å². The minimum Gasteiger partial charge on any atom is -0.465 e. The molecule has 0 bridgehead atoms. The molecule has 0 saturated carbocycles. The van der Waals surface area contributed by atoms with Crippen LogP contribution < -0.4 is 16.6 Å². The van der Waals surface area contributed by atoms with Crippen LogP contribution in [0.5, 0.6) is 0 Å². The maximum Gasteiger partial charge on any atom is 0.409 e. The molecule has 0 aliphatic carbocycles. The van der Waals surface area contributed by atoms with E-state index in [-0.39, 0.29) is 13.0 Å². The van der Waals surface area contributed by atoms with E-state index in [9.17, 15) is 19.5 Å². The number of rotatable bonds is 3. The van der Waals surface area contributed by atoms with Crippen molar-refractivity contribution >= 4 is 22.6 Å². The third kappa shape index (κ3) is 4.92. The molecule has 5 N–H and O–H groups in total. The molecule has 1 aromatic heterocycles. The number of nitrogens with zero attached hydrogens (tertiary/aromatic N) is 1. The Morgan fingerprint density at radius 3 is 2.57 bits per heavy atom. The highest BCUT2D eigenvalue weighted by Gasteiger charge is 2.34. The van der Waals surface area contributed by atoms with Crippen molar-refractivity contribution < 1.29 is 24.9 Å². The smallest absolute Gasteiger partial charge is 0.409 e. The predicted octanol–water partition coefficient (Wildman–Crippen LogP) is 1.11. The minimum atomic E-state index is -1.04. The van der Waals surface area contributed by atoms with Crippen molar-refractivity contribution in [3.05, 3.63) is 75.6 Å². The SMILES string of the molecule is O=C(O)Nc1cccc2ccccc12.O=c1ccn([C@H]2C[C@H](O)[C@@H](CO)O2)c(=O)[nH]1. The molecule has 1 saturated heterocycles. The van der Waals surface area contributed by atoms with E-state index in [1.165, 1.54) is 16.8 Å². The molecule has 2 aromatic carbocycles.